The van der Waals surface area contributed by atoms with E-state index in [0.29, 0.717) is 22.9 Å². The molecule has 1 aliphatic rings. The molecule has 1 aliphatic carbocycles. The van der Waals surface area contributed by atoms with Crippen LogP contribution in [0.1, 0.15) is 109 Å². The maximum Gasteiger partial charge on any atom is 0.416 e. The van der Waals surface area contributed by atoms with Crippen molar-refractivity contribution in [3.63, 3.8) is 0 Å². The van der Waals surface area contributed by atoms with E-state index < -0.39 is 201 Å². The van der Waals surface area contributed by atoms with Gasteiger partial charge in [-0.05, 0) is 72.2 Å². The van der Waals surface area contributed by atoms with E-state index >= 15 is 0 Å². The van der Waals surface area contributed by atoms with Gasteiger partial charge in [-0.25, -0.2) is 4.79 Å². The van der Waals surface area contributed by atoms with Gasteiger partial charge in [0.2, 0.25) is 12.3 Å². The number of esters is 1. The van der Waals surface area contributed by atoms with Crippen LogP contribution < -0.4 is 31.2 Å². The highest BCUT2D eigenvalue weighted by atomic mass is 19.4. The monoisotopic (exact) mass is 1310 g/mol. The Bertz CT molecular complexity index is 3530. The zero-order valence-electron chi connectivity index (χ0n) is 45.7. The van der Waals surface area contributed by atoms with E-state index in [2.05, 4.69) is 12.1 Å². The molecule has 1 fully saturated rings. The fourth-order valence-electron chi connectivity index (χ4n) is 11.0. The molecule has 0 radical (unpaired) electrons. The summed E-state index contributed by atoms with van der Waals surface area (Å²) >= 11 is 0. The number of ketones is 1. The van der Waals surface area contributed by atoms with Crippen molar-refractivity contribution in [3.05, 3.63) is 225 Å². The highest BCUT2D eigenvalue weighted by Gasteiger charge is 2.47. The number of benzene rings is 7. The number of pyridine rings is 1. The van der Waals surface area contributed by atoms with Crippen LogP contribution in [0.5, 0.6) is 5.75 Å². The Kier molecular flexibility index (Phi) is 18.7. The van der Waals surface area contributed by atoms with Gasteiger partial charge in [0.1, 0.15) is 11.9 Å². The van der Waals surface area contributed by atoms with Gasteiger partial charge in [-0.1, -0.05) is 128 Å². The molecule has 0 amide bonds. The molecule has 0 saturated heterocycles. The predicted molar refractivity (Wildman–Crippen MR) is 282 cm³/mol. The third-order valence-corrected chi connectivity index (χ3v) is 15.1. The van der Waals surface area contributed by atoms with E-state index in [1.807, 2.05) is 60.7 Å². The zero-order valence-corrected chi connectivity index (χ0v) is 45.7. The molecule has 8 aromatic rings. The smallest absolute Gasteiger partial charge is 0.416 e. The Balaban J connectivity index is 0.000000265. The molecule has 1 aromatic heterocycles. The van der Waals surface area contributed by atoms with E-state index in [9.17, 15) is 115 Å². The average molecular weight is 1310 g/mol. The van der Waals surface area contributed by atoms with E-state index in [-0.39, 0.29) is 12.3 Å². The number of nitrogens with zero attached hydrogens (tertiary/aromatic N) is 1. The normalized spacial score (nSPS) is 14.2. The fraction of sp³-hybridized carbons (Fsp3) is 0.242. The first-order valence-corrected chi connectivity index (χ1v) is 26.6. The number of alkyl halides is 24. The van der Waals surface area contributed by atoms with Gasteiger partial charge in [0, 0.05) is 11.6 Å². The molecule has 29 heteroatoms. The Hall–Kier alpha value is -8.53. The Morgan fingerprint density at radius 3 is 1.07 bits per heavy atom. The molecule has 1 heterocycles. The molecule has 9 rings (SSSR count). The lowest BCUT2D eigenvalue weighted by Crippen LogP contribution is -2.75. The van der Waals surface area contributed by atoms with Crippen LogP contribution in [-0.4, -0.2) is 17.9 Å². The molecule has 482 valence electrons. The molecule has 0 bridgehead atoms. The maximum atomic E-state index is 14.2. The van der Waals surface area contributed by atoms with E-state index in [1.165, 1.54) is 37.7 Å². The standard InChI is InChI=1S/C32H12BF24.C30H28NO3/c34-25(35,36)13-1-14(26(37,38)39)6-21(5-13)33(22-7-15(27(40,41)42)2-16(8-22)28(43,44)45,23-9-17(29(46,47)48)3-18(10-23)30(49,50)51)24-11-19(31(52,53)54)4-20(12-24)32(55,56)57;32-28(25-12-5-2-6-13-25)21-31-20-19-24-11-7-8-14-27(24)29(31)30(33)34-26-17-15-23(16-18-26)22-9-3-1-4-10-22/h1-12H;2,5-8,11-20,22H,1,3-4,9-10,21H2/q-1;+1. The Morgan fingerprint density at radius 1 is 0.396 bits per heavy atom. The maximum absolute atomic E-state index is 14.2. The third-order valence-electron chi connectivity index (χ3n) is 15.1. The minimum absolute atomic E-state index is 0.0555. The van der Waals surface area contributed by atoms with Crippen LogP contribution in [0.3, 0.4) is 0 Å². The first kappa shape index (κ1) is 68.4. The zero-order chi connectivity index (χ0) is 67.2. The minimum atomic E-state index is -6.13. The molecular formula is C62H40BF24NO3. The number of hydrogen-bond donors (Lipinski definition) is 0. The second-order valence-corrected chi connectivity index (χ2v) is 21.2. The number of carbonyl (C=O) groups is 2. The van der Waals surface area contributed by atoms with E-state index in [0.717, 1.165) is 10.8 Å². The number of fused-ring (bicyclic) bond motifs is 1. The van der Waals surface area contributed by atoms with Gasteiger partial charge >= 0.3 is 55.4 Å². The Labute approximate surface area is 498 Å². The number of Topliss-reactive ketones (excluding diaryl/α,β-unsaturated/α-hetero) is 1. The van der Waals surface area contributed by atoms with Crippen LogP contribution in [0.15, 0.2) is 164 Å². The summed E-state index contributed by atoms with van der Waals surface area (Å²) in [5, 5.41) is 1.68. The first-order chi connectivity index (χ1) is 41.9. The van der Waals surface area contributed by atoms with Crippen LogP contribution >= 0.6 is 0 Å². The van der Waals surface area contributed by atoms with Crippen molar-refractivity contribution < 1.29 is 124 Å². The van der Waals surface area contributed by atoms with Crippen LogP contribution in [0.4, 0.5) is 105 Å². The van der Waals surface area contributed by atoms with Crippen LogP contribution in [0.2, 0.25) is 0 Å². The lowest BCUT2D eigenvalue weighted by Gasteiger charge is -2.46. The third kappa shape index (κ3) is 15.6. The lowest BCUT2D eigenvalue weighted by molar-refractivity contribution is -0.684. The second kappa shape index (κ2) is 24.9. The summed E-state index contributed by atoms with van der Waals surface area (Å²) in [6, 6.07) is 17.8. The summed E-state index contributed by atoms with van der Waals surface area (Å²) in [6.07, 6.45) is -46.7. The van der Waals surface area contributed by atoms with Crippen molar-refractivity contribution in [3.8, 4) is 5.75 Å². The van der Waals surface area contributed by atoms with Gasteiger partial charge < -0.3 is 4.74 Å². The quantitative estimate of drug-likeness (QED) is 0.0342. The number of hydrogen-bond acceptors (Lipinski definition) is 3. The molecule has 0 unspecified atom stereocenters. The molecule has 7 aromatic carbocycles. The topological polar surface area (TPSA) is 47.2 Å². The molecule has 0 spiro atoms. The van der Waals surface area contributed by atoms with Crippen LogP contribution in [0.25, 0.3) is 10.8 Å². The van der Waals surface area contributed by atoms with Gasteiger partial charge in [0.15, 0.2) is 6.20 Å². The summed E-state index contributed by atoms with van der Waals surface area (Å²) in [4.78, 5) is 26.3. The Morgan fingerprint density at radius 2 is 0.725 bits per heavy atom. The summed E-state index contributed by atoms with van der Waals surface area (Å²) < 4.78 is 348. The summed E-state index contributed by atoms with van der Waals surface area (Å²) in [5.74, 6) is 0.580. The average Bonchev–Trinajstić information content (AvgIpc) is 0.721. The van der Waals surface area contributed by atoms with Crippen molar-refractivity contribution in [1.82, 2.24) is 0 Å². The predicted octanol–water partition coefficient (Wildman–Crippen LogP) is 17.5. The molecule has 0 atom stereocenters. The van der Waals surface area contributed by atoms with Crippen molar-refractivity contribution >= 4 is 50.5 Å². The van der Waals surface area contributed by atoms with Crippen LogP contribution in [-0.2, 0) is 56.0 Å². The molecule has 4 nitrogen and oxygen atoms in total. The molecular weight excluding hydrogens is 1270 g/mol. The van der Waals surface area contributed by atoms with E-state index in [4.69, 9.17) is 4.74 Å². The number of rotatable bonds is 10. The molecule has 0 aliphatic heterocycles. The van der Waals surface area contributed by atoms with Gasteiger partial charge in [-0.2, -0.15) is 132 Å². The summed E-state index contributed by atoms with van der Waals surface area (Å²) in [6.45, 7) is 0.0555. The lowest BCUT2D eigenvalue weighted by atomic mass is 9.12. The SMILES string of the molecule is FC(F)(F)c1cc([B-](c2cc(C(F)(F)F)cc(C(F)(F)F)c2)(c2cc(C(F)(F)F)cc(C(F)(F)F)c2)c2cc(C(F)(F)F)cc(C(F)(F)F)c2)cc(C(F)(F)F)c1.O=C(C[n+]1ccc2ccccc2c1C(=O)Oc1ccc(C2CCCCC2)cc1)c1ccccc1. The van der Waals surface area contributed by atoms with Crippen molar-refractivity contribution in [2.45, 2.75) is 94.0 Å². The number of carbonyl (C=O) groups excluding carboxylic acids is 2. The largest absolute Gasteiger partial charge is 0.419 e. The summed E-state index contributed by atoms with van der Waals surface area (Å²) in [7, 11) is 0. The van der Waals surface area contributed by atoms with Gasteiger partial charge in [0.05, 0.1) is 49.9 Å². The molecule has 0 N–H and O–H groups in total. The fourth-order valence-corrected chi connectivity index (χ4v) is 11.0. The summed E-state index contributed by atoms with van der Waals surface area (Å²) in [5.41, 5.74) is -27.9. The highest BCUT2D eigenvalue weighted by molar-refractivity contribution is 7.20. The van der Waals surface area contributed by atoms with E-state index in [1.54, 1.807) is 22.9 Å². The molecule has 91 heavy (non-hydrogen) atoms. The van der Waals surface area contributed by atoms with Crippen LogP contribution in [0, 0.1) is 0 Å². The molecule has 1 saturated carbocycles. The highest BCUT2D eigenvalue weighted by Crippen LogP contribution is 2.42. The second-order valence-electron chi connectivity index (χ2n) is 21.2. The number of ether oxygens (including phenoxy) is 1. The van der Waals surface area contributed by atoms with Gasteiger partial charge in [-0.15, -0.1) is 0 Å². The van der Waals surface area contributed by atoms with Crippen molar-refractivity contribution in [1.29, 1.82) is 0 Å². The van der Waals surface area contributed by atoms with Gasteiger partial charge in [0.25, 0.3) is 5.69 Å². The number of aromatic nitrogens is 1. The first-order valence-electron chi connectivity index (χ1n) is 26.6. The number of halogens is 24. The van der Waals surface area contributed by atoms with Gasteiger partial charge in [-0.3, -0.25) is 4.79 Å². The minimum Gasteiger partial charge on any atom is -0.419 e. The van der Waals surface area contributed by atoms with Crippen molar-refractivity contribution in [2.24, 2.45) is 0 Å². The van der Waals surface area contributed by atoms with Crippen molar-refractivity contribution in [2.75, 3.05) is 0 Å².